The average molecular weight is 245 g/mol. The van der Waals surface area contributed by atoms with E-state index >= 15 is 0 Å². The predicted octanol–water partition coefficient (Wildman–Crippen LogP) is 0.836. The lowest BCUT2D eigenvalue weighted by molar-refractivity contribution is -0.150. The van der Waals surface area contributed by atoms with Gasteiger partial charge in [0.15, 0.2) is 0 Å². The van der Waals surface area contributed by atoms with Crippen molar-refractivity contribution in [2.75, 3.05) is 46.6 Å². The zero-order valence-electron chi connectivity index (χ0n) is 10.8. The number of carboxylic acids is 1. The molecule has 1 aliphatic heterocycles. The number of rotatable bonds is 7. The van der Waals surface area contributed by atoms with E-state index in [0.717, 1.165) is 32.5 Å². The van der Waals surface area contributed by atoms with Crippen LogP contribution in [0.2, 0.25) is 0 Å². The van der Waals surface area contributed by atoms with Gasteiger partial charge in [-0.1, -0.05) is 0 Å². The molecule has 5 nitrogen and oxygen atoms in total. The Balaban J connectivity index is 2.13. The molecule has 0 saturated carbocycles. The van der Waals surface area contributed by atoms with Gasteiger partial charge in [0.05, 0.1) is 25.2 Å². The number of hydrogen-bond donors (Lipinski definition) is 1. The number of hydrogen-bond acceptors (Lipinski definition) is 4. The van der Waals surface area contributed by atoms with Crippen molar-refractivity contribution >= 4 is 5.97 Å². The summed E-state index contributed by atoms with van der Waals surface area (Å²) >= 11 is 0. The topological polar surface area (TPSA) is 59.0 Å². The van der Waals surface area contributed by atoms with Crippen molar-refractivity contribution < 1.29 is 19.4 Å². The van der Waals surface area contributed by atoms with Gasteiger partial charge in [-0.15, -0.1) is 0 Å². The highest BCUT2D eigenvalue weighted by molar-refractivity contribution is 5.74. The second-order valence-electron chi connectivity index (χ2n) is 4.81. The van der Waals surface area contributed by atoms with E-state index in [1.165, 1.54) is 0 Å². The predicted molar refractivity (Wildman–Crippen MR) is 64.1 cm³/mol. The molecule has 0 unspecified atom stereocenters. The van der Waals surface area contributed by atoms with E-state index in [-0.39, 0.29) is 0 Å². The Morgan fingerprint density at radius 1 is 1.29 bits per heavy atom. The van der Waals surface area contributed by atoms with Gasteiger partial charge in [0.25, 0.3) is 0 Å². The van der Waals surface area contributed by atoms with E-state index in [1.54, 1.807) is 7.11 Å². The second kappa shape index (κ2) is 6.93. The zero-order valence-corrected chi connectivity index (χ0v) is 10.8. The number of piperidine rings is 1. The molecule has 1 saturated heterocycles. The molecule has 1 heterocycles. The molecule has 17 heavy (non-hydrogen) atoms. The highest BCUT2D eigenvalue weighted by atomic mass is 16.5. The first-order valence-electron chi connectivity index (χ1n) is 6.11. The normalized spacial score (nSPS) is 20.4. The summed E-state index contributed by atoms with van der Waals surface area (Å²) < 4.78 is 10.3. The summed E-state index contributed by atoms with van der Waals surface area (Å²) in [6, 6.07) is 0. The maximum absolute atomic E-state index is 11.1. The summed E-state index contributed by atoms with van der Waals surface area (Å²) in [7, 11) is 1.65. The van der Waals surface area contributed by atoms with E-state index in [2.05, 4.69) is 4.90 Å². The van der Waals surface area contributed by atoms with Crippen LogP contribution in [0.5, 0.6) is 0 Å². The second-order valence-corrected chi connectivity index (χ2v) is 4.81. The van der Waals surface area contributed by atoms with Gasteiger partial charge >= 0.3 is 5.97 Å². The summed E-state index contributed by atoms with van der Waals surface area (Å²) in [5.74, 6) is -0.673. The van der Waals surface area contributed by atoms with Gasteiger partial charge in [-0.25, -0.2) is 0 Å². The molecule has 5 heteroatoms. The average Bonchev–Trinajstić information content (AvgIpc) is 2.31. The van der Waals surface area contributed by atoms with E-state index in [9.17, 15) is 4.79 Å². The molecular weight excluding hydrogens is 222 g/mol. The monoisotopic (exact) mass is 245 g/mol. The van der Waals surface area contributed by atoms with E-state index in [0.29, 0.717) is 19.8 Å². The molecule has 0 radical (unpaired) electrons. The molecule has 1 rings (SSSR count). The largest absolute Gasteiger partial charge is 0.481 e. The van der Waals surface area contributed by atoms with Gasteiger partial charge in [-0.3, -0.25) is 4.79 Å². The Morgan fingerprint density at radius 3 is 2.47 bits per heavy atom. The quantitative estimate of drug-likeness (QED) is 0.673. The van der Waals surface area contributed by atoms with Crippen LogP contribution in [-0.4, -0.2) is 62.5 Å². The molecule has 100 valence electrons. The third-order valence-corrected chi connectivity index (χ3v) is 3.46. The van der Waals surface area contributed by atoms with E-state index in [1.807, 2.05) is 6.92 Å². The van der Waals surface area contributed by atoms with Crippen LogP contribution >= 0.6 is 0 Å². The molecule has 0 aromatic heterocycles. The molecule has 0 aliphatic carbocycles. The van der Waals surface area contributed by atoms with Crippen LogP contribution in [0, 0.1) is 5.41 Å². The minimum Gasteiger partial charge on any atom is -0.481 e. The first-order valence-corrected chi connectivity index (χ1v) is 6.11. The number of carbonyl (C=O) groups is 1. The van der Waals surface area contributed by atoms with Crippen LogP contribution in [0.3, 0.4) is 0 Å². The van der Waals surface area contributed by atoms with Crippen molar-refractivity contribution in [2.45, 2.75) is 19.8 Å². The highest BCUT2D eigenvalue weighted by Gasteiger charge is 2.36. The van der Waals surface area contributed by atoms with Crippen molar-refractivity contribution in [3.8, 4) is 0 Å². The molecule has 0 atom stereocenters. The molecule has 1 N–H and O–H groups in total. The number of methoxy groups -OCH3 is 1. The molecular formula is C12H23NO4. The van der Waals surface area contributed by atoms with Gasteiger partial charge < -0.3 is 19.5 Å². The van der Waals surface area contributed by atoms with Gasteiger partial charge in [-0.05, 0) is 32.9 Å². The lowest BCUT2D eigenvalue weighted by Gasteiger charge is -2.36. The Bertz CT molecular complexity index is 237. The number of carboxylic acid groups (broad SMARTS) is 1. The minimum atomic E-state index is -0.673. The Labute approximate surface area is 103 Å². The van der Waals surface area contributed by atoms with Crippen LogP contribution < -0.4 is 0 Å². The van der Waals surface area contributed by atoms with Gasteiger partial charge in [0.1, 0.15) is 0 Å². The van der Waals surface area contributed by atoms with Crippen molar-refractivity contribution in [3.05, 3.63) is 0 Å². The Morgan fingerprint density at radius 2 is 1.94 bits per heavy atom. The fraction of sp³-hybridized carbons (Fsp3) is 0.917. The maximum Gasteiger partial charge on any atom is 0.309 e. The lowest BCUT2D eigenvalue weighted by atomic mass is 9.80. The number of ether oxygens (including phenoxy) is 2. The molecule has 1 aliphatic rings. The summed E-state index contributed by atoms with van der Waals surface area (Å²) in [5.41, 5.74) is -0.534. The van der Waals surface area contributed by atoms with Gasteiger partial charge in [-0.2, -0.15) is 0 Å². The molecule has 0 aromatic carbocycles. The van der Waals surface area contributed by atoms with Crippen LogP contribution in [0.25, 0.3) is 0 Å². The lowest BCUT2D eigenvalue weighted by Crippen LogP contribution is -2.43. The maximum atomic E-state index is 11.1. The van der Waals surface area contributed by atoms with Crippen LogP contribution in [-0.2, 0) is 14.3 Å². The first kappa shape index (κ1) is 14.4. The molecule has 0 bridgehead atoms. The SMILES string of the molecule is COCCOCCN1CCC(C)(C(=O)O)CC1. The molecule has 0 spiro atoms. The third-order valence-electron chi connectivity index (χ3n) is 3.46. The number of likely N-dealkylation sites (tertiary alicyclic amines) is 1. The smallest absolute Gasteiger partial charge is 0.309 e. The molecule has 0 aromatic rings. The van der Waals surface area contributed by atoms with Crippen LogP contribution in [0.1, 0.15) is 19.8 Å². The Hall–Kier alpha value is -0.650. The first-order chi connectivity index (χ1) is 8.08. The van der Waals surface area contributed by atoms with Crippen molar-refractivity contribution in [1.82, 2.24) is 4.90 Å². The summed E-state index contributed by atoms with van der Waals surface area (Å²) in [6.07, 6.45) is 1.45. The van der Waals surface area contributed by atoms with Crippen molar-refractivity contribution in [1.29, 1.82) is 0 Å². The van der Waals surface area contributed by atoms with E-state index in [4.69, 9.17) is 14.6 Å². The van der Waals surface area contributed by atoms with Gasteiger partial charge in [0.2, 0.25) is 0 Å². The minimum absolute atomic E-state index is 0.534. The third kappa shape index (κ3) is 4.61. The van der Waals surface area contributed by atoms with Crippen LogP contribution in [0.4, 0.5) is 0 Å². The Kier molecular flexibility index (Phi) is 5.88. The summed E-state index contributed by atoms with van der Waals surface area (Å²) in [5, 5.41) is 9.10. The van der Waals surface area contributed by atoms with Gasteiger partial charge in [0, 0.05) is 13.7 Å². The standard InChI is InChI=1S/C12H23NO4/c1-12(11(14)15)3-5-13(6-4-12)7-8-17-10-9-16-2/h3-10H2,1-2H3,(H,14,15). The van der Waals surface area contributed by atoms with E-state index < -0.39 is 11.4 Å². The fourth-order valence-electron chi connectivity index (χ4n) is 1.92. The van der Waals surface area contributed by atoms with Crippen LogP contribution in [0.15, 0.2) is 0 Å². The number of nitrogens with zero attached hydrogens (tertiary/aromatic N) is 1. The molecule has 0 amide bonds. The van der Waals surface area contributed by atoms with Crippen molar-refractivity contribution in [3.63, 3.8) is 0 Å². The highest BCUT2D eigenvalue weighted by Crippen LogP contribution is 2.30. The number of aliphatic carboxylic acids is 1. The summed E-state index contributed by atoms with van der Waals surface area (Å²) in [6.45, 7) is 6.33. The summed E-state index contributed by atoms with van der Waals surface area (Å²) in [4.78, 5) is 13.3. The van der Waals surface area contributed by atoms with Crippen molar-refractivity contribution in [2.24, 2.45) is 5.41 Å². The molecule has 1 fully saturated rings. The zero-order chi connectivity index (χ0) is 12.7. The fourth-order valence-corrected chi connectivity index (χ4v) is 1.92.